The van der Waals surface area contributed by atoms with Crippen molar-refractivity contribution < 1.29 is 14.3 Å². The van der Waals surface area contributed by atoms with Crippen LogP contribution in [-0.4, -0.2) is 53.6 Å². The molecule has 124 valence electrons. The van der Waals surface area contributed by atoms with E-state index in [-0.39, 0.29) is 12.0 Å². The number of likely N-dealkylation sites (N-methyl/N-ethyl adjacent to an activating group) is 1. The van der Waals surface area contributed by atoms with Gasteiger partial charge in [0, 0.05) is 32.5 Å². The first-order chi connectivity index (χ1) is 11.0. The smallest absolute Gasteiger partial charge is 0.410 e. The average molecular weight is 317 g/mol. The average Bonchev–Trinajstić information content (AvgIpc) is 2.90. The van der Waals surface area contributed by atoms with Gasteiger partial charge in [-0.25, -0.2) is 4.79 Å². The zero-order chi connectivity index (χ0) is 16.4. The van der Waals surface area contributed by atoms with Gasteiger partial charge in [0.1, 0.15) is 11.6 Å². The van der Waals surface area contributed by atoms with Crippen molar-refractivity contribution in [2.45, 2.75) is 31.4 Å². The predicted molar refractivity (Wildman–Crippen MR) is 85.6 cm³/mol. The van der Waals surface area contributed by atoms with Gasteiger partial charge in [-0.3, -0.25) is 4.79 Å². The first kappa shape index (κ1) is 15.8. The van der Waals surface area contributed by atoms with Crippen LogP contribution in [0.5, 0.6) is 0 Å². The fraction of sp³-hybridized carbons (Fsp3) is 0.529. The third-order valence-electron chi connectivity index (χ3n) is 4.83. The molecule has 0 aliphatic carbocycles. The summed E-state index contributed by atoms with van der Waals surface area (Å²) in [5.41, 5.74) is 6.49. The second kappa shape index (κ2) is 6.20. The second-order valence-corrected chi connectivity index (χ2v) is 6.28. The zero-order valence-electron chi connectivity index (χ0n) is 13.4. The molecule has 2 aliphatic rings. The van der Waals surface area contributed by atoms with Gasteiger partial charge in [0.05, 0.1) is 6.54 Å². The Balaban J connectivity index is 1.61. The molecular weight excluding hydrogens is 294 g/mol. The molecule has 1 aromatic rings. The molecule has 6 nitrogen and oxygen atoms in total. The SMILES string of the molecule is CCN1CC2(CCN(C(=O)[C@@H](N)c3ccccc3)CC2)OC1=O. The van der Waals surface area contributed by atoms with Gasteiger partial charge in [0.15, 0.2) is 0 Å². The van der Waals surface area contributed by atoms with Crippen molar-refractivity contribution in [2.24, 2.45) is 5.73 Å². The molecule has 3 rings (SSSR count). The van der Waals surface area contributed by atoms with Gasteiger partial charge in [0.2, 0.25) is 5.91 Å². The lowest BCUT2D eigenvalue weighted by atomic mass is 9.90. The van der Waals surface area contributed by atoms with Crippen molar-refractivity contribution in [3.8, 4) is 0 Å². The van der Waals surface area contributed by atoms with Gasteiger partial charge in [-0.05, 0) is 12.5 Å². The first-order valence-electron chi connectivity index (χ1n) is 8.12. The Labute approximate surface area is 136 Å². The maximum Gasteiger partial charge on any atom is 0.410 e. The van der Waals surface area contributed by atoms with Crippen molar-refractivity contribution in [1.82, 2.24) is 9.80 Å². The summed E-state index contributed by atoms with van der Waals surface area (Å²) < 4.78 is 5.58. The van der Waals surface area contributed by atoms with E-state index in [4.69, 9.17) is 10.5 Å². The van der Waals surface area contributed by atoms with Crippen molar-refractivity contribution in [3.63, 3.8) is 0 Å². The molecule has 1 aromatic carbocycles. The minimum atomic E-state index is -0.636. The number of likely N-dealkylation sites (tertiary alicyclic amines) is 1. The summed E-state index contributed by atoms with van der Waals surface area (Å²) >= 11 is 0. The minimum absolute atomic E-state index is 0.0669. The number of nitrogens with two attached hydrogens (primary N) is 1. The number of amides is 2. The number of carbonyl (C=O) groups excluding carboxylic acids is 2. The Bertz CT molecular complexity index is 582. The third kappa shape index (κ3) is 3.03. The number of hydrogen-bond donors (Lipinski definition) is 1. The Morgan fingerprint density at radius 3 is 2.52 bits per heavy atom. The van der Waals surface area contributed by atoms with Crippen LogP contribution in [-0.2, 0) is 9.53 Å². The third-order valence-corrected chi connectivity index (χ3v) is 4.83. The quantitative estimate of drug-likeness (QED) is 0.917. The van der Waals surface area contributed by atoms with Crippen LogP contribution in [0, 0.1) is 0 Å². The molecule has 0 aromatic heterocycles. The van der Waals surface area contributed by atoms with Crippen molar-refractivity contribution in [1.29, 1.82) is 0 Å². The predicted octanol–water partition coefficient (Wildman–Crippen LogP) is 1.52. The Morgan fingerprint density at radius 1 is 1.30 bits per heavy atom. The molecule has 0 bridgehead atoms. The van der Waals surface area contributed by atoms with Crippen LogP contribution >= 0.6 is 0 Å². The monoisotopic (exact) mass is 317 g/mol. The van der Waals surface area contributed by atoms with Crippen LogP contribution in [0.25, 0.3) is 0 Å². The second-order valence-electron chi connectivity index (χ2n) is 6.28. The molecule has 2 amide bonds. The molecule has 2 fully saturated rings. The van der Waals surface area contributed by atoms with Crippen molar-refractivity contribution in [2.75, 3.05) is 26.2 Å². The van der Waals surface area contributed by atoms with E-state index >= 15 is 0 Å². The number of ether oxygens (including phenoxy) is 1. The lowest BCUT2D eigenvalue weighted by molar-refractivity contribution is -0.136. The van der Waals surface area contributed by atoms with Crippen molar-refractivity contribution in [3.05, 3.63) is 35.9 Å². The number of piperidine rings is 1. The highest BCUT2D eigenvalue weighted by Crippen LogP contribution is 2.33. The molecule has 0 unspecified atom stereocenters. The summed E-state index contributed by atoms with van der Waals surface area (Å²) in [5.74, 6) is -0.0669. The summed E-state index contributed by atoms with van der Waals surface area (Å²) in [6, 6.07) is 8.76. The highest BCUT2D eigenvalue weighted by atomic mass is 16.6. The zero-order valence-corrected chi connectivity index (χ0v) is 13.4. The normalized spacial score (nSPS) is 21.4. The van der Waals surface area contributed by atoms with Crippen LogP contribution in [0.3, 0.4) is 0 Å². The minimum Gasteiger partial charge on any atom is -0.441 e. The van der Waals surface area contributed by atoms with Gasteiger partial charge in [-0.2, -0.15) is 0 Å². The van der Waals surface area contributed by atoms with Crippen LogP contribution in [0.2, 0.25) is 0 Å². The fourth-order valence-corrected chi connectivity index (χ4v) is 3.33. The maximum absolute atomic E-state index is 12.6. The molecule has 1 atom stereocenters. The van der Waals surface area contributed by atoms with Crippen LogP contribution in [0.15, 0.2) is 30.3 Å². The number of hydrogen-bond acceptors (Lipinski definition) is 4. The summed E-state index contributed by atoms with van der Waals surface area (Å²) in [6.45, 7) is 4.36. The van der Waals surface area contributed by atoms with Crippen LogP contribution < -0.4 is 5.73 Å². The number of carbonyl (C=O) groups is 2. The lowest BCUT2D eigenvalue weighted by Gasteiger charge is -2.38. The molecule has 6 heteroatoms. The van der Waals surface area contributed by atoms with E-state index in [0.29, 0.717) is 39.0 Å². The fourth-order valence-electron chi connectivity index (χ4n) is 3.33. The molecule has 0 radical (unpaired) electrons. The molecule has 2 heterocycles. The molecule has 2 N–H and O–H groups in total. The van der Waals surface area contributed by atoms with E-state index in [1.165, 1.54) is 0 Å². The van der Waals surface area contributed by atoms with Crippen LogP contribution in [0.4, 0.5) is 4.79 Å². The van der Waals surface area contributed by atoms with Crippen LogP contribution in [0.1, 0.15) is 31.4 Å². The molecule has 1 spiro atoms. The first-order valence-corrected chi connectivity index (χ1v) is 8.12. The van der Waals surface area contributed by atoms with Gasteiger partial charge in [0.25, 0.3) is 0 Å². The van der Waals surface area contributed by atoms with E-state index in [1.54, 1.807) is 9.80 Å². The molecule has 2 aliphatic heterocycles. The molecule has 2 saturated heterocycles. The summed E-state index contributed by atoms with van der Waals surface area (Å²) in [6.07, 6.45) is 1.10. The molecule has 23 heavy (non-hydrogen) atoms. The number of rotatable bonds is 3. The molecule has 0 saturated carbocycles. The summed E-state index contributed by atoms with van der Waals surface area (Å²) in [5, 5.41) is 0. The Morgan fingerprint density at radius 2 is 1.96 bits per heavy atom. The highest BCUT2D eigenvalue weighted by Gasteiger charge is 2.47. The summed E-state index contributed by atoms with van der Waals surface area (Å²) in [4.78, 5) is 27.9. The van der Waals surface area contributed by atoms with Gasteiger partial charge >= 0.3 is 6.09 Å². The van der Waals surface area contributed by atoms with E-state index in [9.17, 15) is 9.59 Å². The highest BCUT2D eigenvalue weighted by molar-refractivity contribution is 5.83. The topological polar surface area (TPSA) is 75.9 Å². The Hall–Kier alpha value is -2.08. The Kier molecular flexibility index (Phi) is 4.26. The molecular formula is C17H23N3O3. The number of nitrogens with zero attached hydrogens (tertiary/aromatic N) is 2. The maximum atomic E-state index is 12.6. The lowest BCUT2D eigenvalue weighted by Crippen LogP contribution is -2.50. The van der Waals surface area contributed by atoms with Gasteiger partial charge in [-0.1, -0.05) is 30.3 Å². The van der Waals surface area contributed by atoms with E-state index in [0.717, 1.165) is 5.56 Å². The van der Waals surface area contributed by atoms with Gasteiger partial charge < -0.3 is 20.3 Å². The van der Waals surface area contributed by atoms with E-state index in [1.807, 2.05) is 37.3 Å². The largest absolute Gasteiger partial charge is 0.441 e. The van der Waals surface area contributed by atoms with E-state index in [2.05, 4.69) is 0 Å². The summed E-state index contributed by atoms with van der Waals surface area (Å²) in [7, 11) is 0. The van der Waals surface area contributed by atoms with Crippen molar-refractivity contribution >= 4 is 12.0 Å². The van der Waals surface area contributed by atoms with Gasteiger partial charge in [-0.15, -0.1) is 0 Å². The standard InChI is InChI=1S/C17H23N3O3/c1-2-19-12-17(23-16(19)22)8-10-20(11-9-17)15(21)14(18)13-6-4-3-5-7-13/h3-7,14H,2,8-12,18H2,1H3/t14-/m0/s1. The van der Waals surface area contributed by atoms with E-state index < -0.39 is 11.6 Å². The number of benzene rings is 1.